The number of nitrogens with one attached hydrogen (secondary N) is 1. The lowest BCUT2D eigenvalue weighted by atomic mass is 10.2. The lowest BCUT2D eigenvalue weighted by molar-refractivity contribution is -0.122. The molecule has 2 aromatic carbocycles. The van der Waals surface area contributed by atoms with Crippen molar-refractivity contribution in [1.29, 1.82) is 0 Å². The van der Waals surface area contributed by atoms with E-state index in [-0.39, 0.29) is 29.3 Å². The third-order valence-corrected chi connectivity index (χ3v) is 5.80. The predicted molar refractivity (Wildman–Crippen MR) is 130 cm³/mol. The predicted octanol–water partition coefficient (Wildman–Crippen LogP) is 4.99. The average molecular weight is 489 g/mol. The molecule has 3 amide bonds. The van der Waals surface area contributed by atoms with Crippen LogP contribution >= 0.6 is 23.4 Å². The maximum Gasteiger partial charge on any atom is 0.293 e. The monoisotopic (exact) mass is 488 g/mol. The molecule has 0 bridgehead atoms. The highest BCUT2D eigenvalue weighted by Crippen LogP contribution is 2.37. The zero-order chi connectivity index (χ0) is 23.8. The molecular weight excluding hydrogens is 464 g/mol. The minimum Gasteiger partial charge on any atom is -0.490 e. The van der Waals surface area contributed by atoms with E-state index in [1.54, 1.807) is 12.1 Å². The molecule has 1 N–H and O–H groups in total. The van der Waals surface area contributed by atoms with Gasteiger partial charge in [-0.05, 0) is 48.9 Å². The van der Waals surface area contributed by atoms with Crippen LogP contribution in [0.1, 0.15) is 36.2 Å². The van der Waals surface area contributed by atoms with Gasteiger partial charge in [0.05, 0.1) is 23.1 Å². The molecule has 0 atom stereocenters. The van der Waals surface area contributed by atoms with E-state index in [1.165, 1.54) is 6.07 Å². The van der Waals surface area contributed by atoms with Crippen LogP contribution in [-0.2, 0) is 4.79 Å². The molecule has 0 unspecified atom stereocenters. The van der Waals surface area contributed by atoms with Crippen LogP contribution in [0.25, 0.3) is 6.08 Å². The molecule has 0 radical (unpaired) electrons. The van der Waals surface area contributed by atoms with Gasteiger partial charge >= 0.3 is 0 Å². The second-order valence-electron chi connectivity index (χ2n) is 7.07. The molecule has 9 heteroatoms. The van der Waals surface area contributed by atoms with Gasteiger partial charge in [-0.3, -0.25) is 19.3 Å². The van der Waals surface area contributed by atoms with E-state index in [0.717, 1.165) is 28.6 Å². The van der Waals surface area contributed by atoms with Crippen molar-refractivity contribution < 1.29 is 23.9 Å². The molecule has 3 rings (SSSR count). The number of rotatable bonds is 10. The van der Waals surface area contributed by atoms with E-state index in [9.17, 15) is 14.4 Å². The second-order valence-corrected chi connectivity index (χ2v) is 8.47. The van der Waals surface area contributed by atoms with Crippen molar-refractivity contribution in [2.75, 3.05) is 26.3 Å². The number of ether oxygens (including phenoxy) is 2. The third kappa shape index (κ3) is 6.30. The van der Waals surface area contributed by atoms with Gasteiger partial charge in [0.1, 0.15) is 0 Å². The van der Waals surface area contributed by atoms with Crippen LogP contribution in [-0.4, -0.2) is 48.3 Å². The summed E-state index contributed by atoms with van der Waals surface area (Å²) < 4.78 is 11.2. The normalized spacial score (nSPS) is 14.6. The maximum atomic E-state index is 12.6. The number of hydrogen-bond acceptors (Lipinski definition) is 6. The molecule has 2 aromatic rings. The van der Waals surface area contributed by atoms with Gasteiger partial charge in [-0.2, -0.15) is 0 Å². The highest BCUT2D eigenvalue weighted by atomic mass is 35.5. The third-order valence-electron chi connectivity index (χ3n) is 4.61. The number of carbonyl (C=O) groups excluding carboxylic acids is 3. The van der Waals surface area contributed by atoms with Crippen molar-refractivity contribution in [3.63, 3.8) is 0 Å². The standard InChI is InChI=1S/C24H25ClN2O5S/c1-3-12-32-21-18(25)14-17(15-19(21)31-4-2)22(28)26-10-11-27-23(29)20(33-24(27)30)13-16-8-6-5-7-9-16/h5-9,13-15H,3-4,10-12H2,1-2H3,(H,26,28)/b20-13+. The fourth-order valence-electron chi connectivity index (χ4n) is 3.08. The number of imide groups is 1. The first kappa shape index (κ1) is 24.7. The van der Waals surface area contributed by atoms with Gasteiger partial charge in [0.2, 0.25) is 0 Å². The molecule has 0 aliphatic carbocycles. The number of thioether (sulfide) groups is 1. The van der Waals surface area contributed by atoms with Crippen LogP contribution < -0.4 is 14.8 Å². The Labute approximate surface area is 202 Å². The van der Waals surface area contributed by atoms with Gasteiger partial charge in [0.25, 0.3) is 17.1 Å². The molecule has 0 aromatic heterocycles. The summed E-state index contributed by atoms with van der Waals surface area (Å²) in [7, 11) is 0. The molecule has 1 heterocycles. The summed E-state index contributed by atoms with van der Waals surface area (Å²) in [5, 5.41) is 2.63. The number of amides is 3. The first-order chi connectivity index (χ1) is 15.9. The van der Waals surface area contributed by atoms with Crippen molar-refractivity contribution in [2.45, 2.75) is 20.3 Å². The Balaban J connectivity index is 1.62. The average Bonchev–Trinajstić information content (AvgIpc) is 3.06. The Kier molecular flexibility index (Phi) is 8.79. The smallest absolute Gasteiger partial charge is 0.293 e. The summed E-state index contributed by atoms with van der Waals surface area (Å²) >= 11 is 7.20. The molecule has 174 valence electrons. The first-order valence-electron chi connectivity index (χ1n) is 10.6. The lowest BCUT2D eigenvalue weighted by Crippen LogP contribution is -2.37. The van der Waals surface area contributed by atoms with Gasteiger partial charge < -0.3 is 14.8 Å². The highest BCUT2D eigenvalue weighted by molar-refractivity contribution is 8.18. The van der Waals surface area contributed by atoms with E-state index in [1.807, 2.05) is 44.2 Å². The molecule has 1 saturated heterocycles. The number of benzene rings is 2. The summed E-state index contributed by atoms with van der Waals surface area (Å²) in [6.45, 7) is 4.83. The number of hydrogen-bond donors (Lipinski definition) is 1. The molecule has 33 heavy (non-hydrogen) atoms. The van der Waals surface area contributed by atoms with Crippen LogP contribution in [0.2, 0.25) is 5.02 Å². The minimum absolute atomic E-state index is 0.0618. The molecule has 0 spiro atoms. The number of nitrogens with zero attached hydrogens (tertiary/aromatic N) is 1. The van der Waals surface area contributed by atoms with Crippen molar-refractivity contribution in [1.82, 2.24) is 10.2 Å². The SMILES string of the molecule is CCCOc1c(Cl)cc(C(=O)NCCN2C(=O)S/C(=C/c3ccccc3)C2=O)cc1OCC. The van der Waals surface area contributed by atoms with E-state index in [2.05, 4.69) is 5.32 Å². The van der Waals surface area contributed by atoms with Gasteiger partial charge in [0.15, 0.2) is 11.5 Å². The summed E-state index contributed by atoms with van der Waals surface area (Å²) in [4.78, 5) is 39.0. The fourth-order valence-corrected chi connectivity index (χ4v) is 4.21. The van der Waals surface area contributed by atoms with E-state index in [4.69, 9.17) is 21.1 Å². The van der Waals surface area contributed by atoms with Gasteiger partial charge in [0, 0.05) is 18.7 Å². The molecule has 7 nitrogen and oxygen atoms in total. The molecule has 1 aliphatic heterocycles. The van der Waals surface area contributed by atoms with Crippen molar-refractivity contribution >= 4 is 46.5 Å². The van der Waals surface area contributed by atoms with E-state index in [0.29, 0.717) is 35.2 Å². The van der Waals surface area contributed by atoms with Gasteiger partial charge in [-0.15, -0.1) is 0 Å². The largest absolute Gasteiger partial charge is 0.490 e. The van der Waals surface area contributed by atoms with Gasteiger partial charge in [-0.25, -0.2) is 0 Å². The fraction of sp³-hybridized carbons (Fsp3) is 0.292. The van der Waals surface area contributed by atoms with Crippen LogP contribution in [0.4, 0.5) is 4.79 Å². The number of carbonyl (C=O) groups is 3. The van der Waals surface area contributed by atoms with Crippen LogP contribution in [0, 0.1) is 0 Å². The summed E-state index contributed by atoms with van der Waals surface area (Å²) in [6, 6.07) is 12.4. The summed E-state index contributed by atoms with van der Waals surface area (Å²) in [6.07, 6.45) is 2.49. The zero-order valence-corrected chi connectivity index (χ0v) is 20.0. The van der Waals surface area contributed by atoms with E-state index >= 15 is 0 Å². The second kappa shape index (κ2) is 11.8. The van der Waals surface area contributed by atoms with Gasteiger partial charge in [-0.1, -0.05) is 48.9 Å². The lowest BCUT2D eigenvalue weighted by Gasteiger charge is -2.16. The Morgan fingerprint density at radius 2 is 1.91 bits per heavy atom. The molecular formula is C24H25ClN2O5S. The molecule has 0 saturated carbocycles. The summed E-state index contributed by atoms with van der Waals surface area (Å²) in [5.41, 5.74) is 1.13. The molecule has 1 fully saturated rings. The minimum atomic E-state index is -0.397. The first-order valence-corrected chi connectivity index (χ1v) is 11.8. The molecule has 1 aliphatic rings. The maximum absolute atomic E-state index is 12.6. The van der Waals surface area contributed by atoms with Crippen molar-refractivity contribution in [2.24, 2.45) is 0 Å². The Morgan fingerprint density at radius 3 is 2.61 bits per heavy atom. The van der Waals surface area contributed by atoms with E-state index < -0.39 is 5.91 Å². The zero-order valence-electron chi connectivity index (χ0n) is 18.4. The van der Waals surface area contributed by atoms with Crippen LogP contribution in [0.3, 0.4) is 0 Å². The topological polar surface area (TPSA) is 84.9 Å². The van der Waals surface area contributed by atoms with Crippen LogP contribution in [0.5, 0.6) is 11.5 Å². The highest BCUT2D eigenvalue weighted by Gasteiger charge is 2.34. The quantitative estimate of drug-likeness (QED) is 0.474. The Morgan fingerprint density at radius 1 is 1.15 bits per heavy atom. The van der Waals surface area contributed by atoms with Crippen molar-refractivity contribution in [3.05, 3.63) is 63.5 Å². The summed E-state index contributed by atoms with van der Waals surface area (Å²) in [5.74, 6) is 0.0226. The van der Waals surface area contributed by atoms with Crippen LogP contribution in [0.15, 0.2) is 47.4 Å². The Hall–Kier alpha value is -2.97. The number of halogens is 1. The Bertz CT molecular complexity index is 1060. The van der Waals surface area contributed by atoms with Crippen molar-refractivity contribution in [3.8, 4) is 11.5 Å².